The summed E-state index contributed by atoms with van der Waals surface area (Å²) in [6, 6.07) is 3.36. The summed E-state index contributed by atoms with van der Waals surface area (Å²) in [5.74, 6) is 0. The van der Waals surface area contributed by atoms with E-state index in [-0.39, 0.29) is 24.0 Å². The van der Waals surface area contributed by atoms with Crippen molar-refractivity contribution >= 4 is 10.0 Å². The minimum atomic E-state index is -4.71. The summed E-state index contributed by atoms with van der Waals surface area (Å²) in [5, 5.41) is 8.85. The van der Waals surface area contributed by atoms with Crippen LogP contribution in [0, 0.1) is 11.3 Å². The molecule has 0 radical (unpaired) electrons. The second kappa shape index (κ2) is 5.87. The van der Waals surface area contributed by atoms with Gasteiger partial charge in [0.05, 0.1) is 22.1 Å². The normalized spacial score (nSPS) is 20.6. The lowest BCUT2D eigenvalue weighted by molar-refractivity contribution is -0.137. The molecule has 0 aliphatic carbocycles. The second-order valence-electron chi connectivity index (χ2n) is 5.08. The van der Waals surface area contributed by atoms with E-state index in [0.717, 1.165) is 16.4 Å². The number of piperidine rings is 1. The van der Waals surface area contributed by atoms with Gasteiger partial charge in [0.2, 0.25) is 10.0 Å². The molecule has 0 spiro atoms. The number of hydrogen-bond acceptors (Lipinski definition) is 4. The molecule has 1 aromatic carbocycles. The number of nitrogens with two attached hydrogens (primary N) is 1. The van der Waals surface area contributed by atoms with Gasteiger partial charge in [-0.2, -0.15) is 22.7 Å². The topological polar surface area (TPSA) is 87.2 Å². The van der Waals surface area contributed by atoms with Gasteiger partial charge in [-0.05, 0) is 31.0 Å². The first-order valence-electron chi connectivity index (χ1n) is 6.53. The van der Waals surface area contributed by atoms with E-state index < -0.39 is 27.3 Å². The lowest BCUT2D eigenvalue weighted by Gasteiger charge is -2.30. The molecule has 0 aromatic heterocycles. The van der Waals surface area contributed by atoms with Crippen LogP contribution in [0.5, 0.6) is 0 Å². The van der Waals surface area contributed by atoms with Gasteiger partial charge in [-0.25, -0.2) is 8.42 Å². The lowest BCUT2D eigenvalue weighted by atomic mass is 10.1. The van der Waals surface area contributed by atoms with E-state index in [4.69, 9.17) is 11.0 Å². The molecule has 1 aliphatic heterocycles. The maximum atomic E-state index is 12.7. The number of sulfonamides is 1. The molecule has 5 nitrogen and oxygen atoms in total. The van der Waals surface area contributed by atoms with Gasteiger partial charge in [0, 0.05) is 19.1 Å². The zero-order valence-electron chi connectivity index (χ0n) is 11.5. The predicted molar refractivity (Wildman–Crippen MR) is 72.1 cm³/mol. The Hall–Kier alpha value is -1.63. The van der Waals surface area contributed by atoms with Crippen LogP contribution in [0.25, 0.3) is 0 Å². The molecule has 0 bridgehead atoms. The number of benzene rings is 1. The SMILES string of the molecule is N#Cc1cc(S(=O)(=O)N2CCC[C@@H](N)C2)ccc1C(F)(F)F. The van der Waals surface area contributed by atoms with E-state index in [1.807, 2.05) is 0 Å². The van der Waals surface area contributed by atoms with Crippen molar-refractivity contribution < 1.29 is 21.6 Å². The van der Waals surface area contributed by atoms with Crippen LogP contribution >= 0.6 is 0 Å². The molecule has 0 unspecified atom stereocenters. The molecular formula is C13H14F3N3O2S. The van der Waals surface area contributed by atoms with Crippen molar-refractivity contribution in [3.8, 4) is 6.07 Å². The smallest absolute Gasteiger partial charge is 0.327 e. The third kappa shape index (κ3) is 3.24. The highest BCUT2D eigenvalue weighted by atomic mass is 32.2. The summed E-state index contributed by atoms with van der Waals surface area (Å²) >= 11 is 0. The van der Waals surface area contributed by atoms with Crippen molar-refractivity contribution in [2.24, 2.45) is 5.73 Å². The summed E-state index contributed by atoms with van der Waals surface area (Å²) < 4.78 is 64.3. The number of halogens is 3. The first-order chi connectivity index (χ1) is 10.2. The standard InChI is InChI=1S/C13H14F3N3O2S/c14-13(15,16)12-4-3-11(6-9(12)7-17)22(20,21)19-5-1-2-10(18)8-19/h3-4,6,10H,1-2,5,8,18H2/t10-/m1/s1. The van der Waals surface area contributed by atoms with Crippen molar-refractivity contribution in [1.82, 2.24) is 4.31 Å². The van der Waals surface area contributed by atoms with Crippen molar-refractivity contribution in [2.45, 2.75) is 30.0 Å². The van der Waals surface area contributed by atoms with Gasteiger partial charge >= 0.3 is 6.18 Å². The van der Waals surface area contributed by atoms with Crippen molar-refractivity contribution in [1.29, 1.82) is 5.26 Å². The fourth-order valence-corrected chi connectivity index (χ4v) is 3.93. The highest BCUT2D eigenvalue weighted by molar-refractivity contribution is 7.89. The summed E-state index contributed by atoms with van der Waals surface area (Å²) in [7, 11) is -3.95. The molecule has 2 N–H and O–H groups in total. The van der Waals surface area contributed by atoms with Crippen LogP contribution in [-0.4, -0.2) is 31.9 Å². The molecule has 1 aromatic rings. The number of nitriles is 1. The van der Waals surface area contributed by atoms with Gasteiger partial charge in [-0.3, -0.25) is 0 Å². The van der Waals surface area contributed by atoms with E-state index in [1.165, 1.54) is 6.07 Å². The fourth-order valence-electron chi connectivity index (χ4n) is 2.36. The molecular weight excluding hydrogens is 319 g/mol. The Bertz CT molecular complexity index is 710. The van der Waals surface area contributed by atoms with Crippen molar-refractivity contribution in [3.63, 3.8) is 0 Å². The summed E-state index contributed by atoms with van der Waals surface area (Å²) in [4.78, 5) is -0.328. The summed E-state index contributed by atoms with van der Waals surface area (Å²) in [6.45, 7) is 0.379. The number of rotatable bonds is 2. The Morgan fingerprint density at radius 3 is 2.59 bits per heavy atom. The van der Waals surface area contributed by atoms with Gasteiger partial charge in [0.1, 0.15) is 0 Å². The zero-order chi connectivity index (χ0) is 16.5. The van der Waals surface area contributed by atoms with Crippen LogP contribution in [-0.2, 0) is 16.2 Å². The van der Waals surface area contributed by atoms with Crippen molar-refractivity contribution in [2.75, 3.05) is 13.1 Å². The van der Waals surface area contributed by atoms with Crippen LogP contribution in [0.4, 0.5) is 13.2 Å². The first kappa shape index (κ1) is 16.7. The first-order valence-corrected chi connectivity index (χ1v) is 7.97. The van der Waals surface area contributed by atoms with Gasteiger partial charge in [-0.15, -0.1) is 0 Å². The highest BCUT2D eigenvalue weighted by Gasteiger charge is 2.35. The monoisotopic (exact) mass is 333 g/mol. The maximum absolute atomic E-state index is 12.7. The molecule has 1 fully saturated rings. The maximum Gasteiger partial charge on any atom is 0.417 e. The van der Waals surface area contributed by atoms with Crippen LogP contribution in [0.15, 0.2) is 23.1 Å². The van der Waals surface area contributed by atoms with Gasteiger partial charge in [-0.1, -0.05) is 0 Å². The Morgan fingerprint density at radius 1 is 1.36 bits per heavy atom. The number of nitrogens with zero attached hydrogens (tertiary/aromatic N) is 2. The predicted octanol–water partition coefficient (Wildman–Crippen LogP) is 1.69. The fraction of sp³-hybridized carbons (Fsp3) is 0.462. The molecule has 1 aliphatic rings. The highest BCUT2D eigenvalue weighted by Crippen LogP contribution is 2.33. The van der Waals surface area contributed by atoms with Gasteiger partial charge in [0.15, 0.2) is 0 Å². The van der Waals surface area contributed by atoms with Gasteiger partial charge < -0.3 is 5.73 Å². The third-order valence-corrected chi connectivity index (χ3v) is 5.34. The van der Waals surface area contributed by atoms with E-state index in [1.54, 1.807) is 0 Å². The lowest BCUT2D eigenvalue weighted by Crippen LogP contribution is -2.45. The summed E-state index contributed by atoms with van der Waals surface area (Å²) in [5.41, 5.74) is 3.87. The van der Waals surface area contributed by atoms with E-state index in [0.29, 0.717) is 18.9 Å². The van der Waals surface area contributed by atoms with Crippen molar-refractivity contribution in [3.05, 3.63) is 29.3 Å². The van der Waals surface area contributed by atoms with Gasteiger partial charge in [0.25, 0.3) is 0 Å². The van der Waals surface area contributed by atoms with E-state index >= 15 is 0 Å². The third-order valence-electron chi connectivity index (χ3n) is 3.48. The minimum Gasteiger partial charge on any atom is -0.327 e. The molecule has 1 atom stereocenters. The number of hydrogen-bond donors (Lipinski definition) is 1. The molecule has 0 amide bonds. The molecule has 9 heteroatoms. The minimum absolute atomic E-state index is 0.116. The summed E-state index contributed by atoms with van der Waals surface area (Å²) in [6.07, 6.45) is -3.42. The van der Waals surface area contributed by atoms with Crippen LogP contribution in [0.3, 0.4) is 0 Å². The zero-order valence-corrected chi connectivity index (χ0v) is 12.3. The molecule has 22 heavy (non-hydrogen) atoms. The molecule has 120 valence electrons. The second-order valence-corrected chi connectivity index (χ2v) is 7.02. The van der Waals surface area contributed by atoms with Crippen LogP contribution in [0.2, 0.25) is 0 Å². The van der Waals surface area contributed by atoms with E-state index in [2.05, 4.69) is 0 Å². The average molecular weight is 333 g/mol. The molecule has 1 saturated heterocycles. The Labute approximate surface area is 126 Å². The van der Waals surface area contributed by atoms with E-state index in [9.17, 15) is 21.6 Å². The Balaban J connectivity index is 2.43. The molecule has 2 rings (SSSR count). The molecule has 1 heterocycles. The average Bonchev–Trinajstić information content (AvgIpc) is 2.45. The quantitative estimate of drug-likeness (QED) is 0.892. The number of alkyl halides is 3. The van der Waals surface area contributed by atoms with Crippen LogP contribution in [0.1, 0.15) is 24.0 Å². The largest absolute Gasteiger partial charge is 0.417 e. The Kier molecular flexibility index (Phi) is 4.47. The Morgan fingerprint density at radius 2 is 2.05 bits per heavy atom. The molecule has 0 saturated carbocycles. The van der Waals surface area contributed by atoms with Crippen LogP contribution < -0.4 is 5.73 Å².